The second-order valence-corrected chi connectivity index (χ2v) is 4.41. The summed E-state index contributed by atoms with van der Waals surface area (Å²) in [5.74, 6) is -0.927. The van der Waals surface area contributed by atoms with Crippen LogP contribution in [0.3, 0.4) is 0 Å². The number of benzene rings is 1. The molecule has 0 saturated heterocycles. The minimum atomic E-state index is -0.927. The van der Waals surface area contributed by atoms with Crippen molar-refractivity contribution in [1.82, 2.24) is 0 Å². The first-order valence-corrected chi connectivity index (χ1v) is 5.12. The fourth-order valence-electron chi connectivity index (χ4n) is 0.892. The number of carboxylic acids is 1. The van der Waals surface area contributed by atoms with Gasteiger partial charge in [0.1, 0.15) is 0 Å². The Morgan fingerprint density at radius 2 is 2.00 bits per heavy atom. The van der Waals surface area contributed by atoms with Crippen molar-refractivity contribution < 1.29 is 9.90 Å². The van der Waals surface area contributed by atoms with Gasteiger partial charge < -0.3 is 5.11 Å². The van der Waals surface area contributed by atoms with Gasteiger partial charge >= 0.3 is 5.97 Å². The maximum absolute atomic E-state index is 10.3. The number of halogens is 1. The second kappa shape index (κ2) is 5.08. The Kier molecular flexibility index (Phi) is 4.04. The highest BCUT2D eigenvalue weighted by Gasteiger charge is 1.98. The molecule has 0 spiro atoms. The van der Waals surface area contributed by atoms with Crippen molar-refractivity contribution in [3.8, 4) is 0 Å². The fraction of sp³-hybridized carbons (Fsp3) is 0.100. The van der Waals surface area contributed by atoms with Crippen molar-refractivity contribution in [2.45, 2.75) is 11.8 Å². The lowest BCUT2D eigenvalue weighted by atomic mass is 10.4. The van der Waals surface area contributed by atoms with E-state index in [1.807, 2.05) is 12.1 Å². The van der Waals surface area contributed by atoms with Gasteiger partial charge in [0.15, 0.2) is 0 Å². The van der Waals surface area contributed by atoms with E-state index in [0.29, 0.717) is 5.02 Å². The molecule has 0 bridgehead atoms. The minimum Gasteiger partial charge on any atom is -0.478 e. The molecule has 0 fully saturated rings. The van der Waals surface area contributed by atoms with Crippen LogP contribution in [-0.4, -0.2) is 11.1 Å². The van der Waals surface area contributed by atoms with Crippen molar-refractivity contribution >= 4 is 29.3 Å². The molecular weight excluding hydrogens is 220 g/mol. The van der Waals surface area contributed by atoms with Gasteiger partial charge in [-0.05, 0) is 36.1 Å². The molecule has 2 nitrogen and oxygen atoms in total. The molecule has 74 valence electrons. The van der Waals surface area contributed by atoms with Gasteiger partial charge in [0, 0.05) is 16.0 Å². The topological polar surface area (TPSA) is 37.3 Å². The minimum absolute atomic E-state index is 0.675. The van der Waals surface area contributed by atoms with Crippen LogP contribution in [0, 0.1) is 0 Å². The van der Waals surface area contributed by atoms with Crippen molar-refractivity contribution in [3.05, 3.63) is 40.3 Å². The van der Waals surface area contributed by atoms with Crippen LogP contribution in [0.4, 0.5) is 0 Å². The predicted molar refractivity (Wildman–Crippen MR) is 58.7 cm³/mol. The highest BCUT2D eigenvalue weighted by atomic mass is 35.5. The fourth-order valence-corrected chi connectivity index (χ4v) is 1.82. The number of thioether (sulfide) groups is 1. The van der Waals surface area contributed by atoms with Crippen LogP contribution in [-0.2, 0) is 4.79 Å². The van der Waals surface area contributed by atoms with Gasteiger partial charge in [-0.3, -0.25) is 0 Å². The summed E-state index contributed by atoms with van der Waals surface area (Å²) < 4.78 is 0. The number of rotatable bonds is 3. The summed E-state index contributed by atoms with van der Waals surface area (Å²) in [4.78, 5) is 12.1. The van der Waals surface area contributed by atoms with E-state index in [4.69, 9.17) is 16.7 Å². The quantitative estimate of drug-likeness (QED) is 0.636. The molecule has 0 aliphatic rings. The van der Waals surface area contributed by atoms with Crippen LogP contribution >= 0.6 is 23.4 Å². The van der Waals surface area contributed by atoms with Crippen LogP contribution < -0.4 is 0 Å². The van der Waals surface area contributed by atoms with Gasteiger partial charge in [-0.15, -0.1) is 0 Å². The van der Waals surface area contributed by atoms with E-state index in [2.05, 4.69) is 0 Å². The first-order valence-electron chi connectivity index (χ1n) is 3.92. The highest BCUT2D eigenvalue weighted by molar-refractivity contribution is 8.03. The maximum Gasteiger partial charge on any atom is 0.329 e. The van der Waals surface area contributed by atoms with E-state index in [1.165, 1.54) is 17.8 Å². The normalized spacial score (nSPS) is 11.4. The number of aliphatic carboxylic acids is 1. The van der Waals surface area contributed by atoms with E-state index in [0.717, 1.165) is 9.80 Å². The lowest BCUT2D eigenvalue weighted by Crippen LogP contribution is -1.87. The van der Waals surface area contributed by atoms with Gasteiger partial charge in [0.2, 0.25) is 0 Å². The van der Waals surface area contributed by atoms with Crippen molar-refractivity contribution in [2.75, 3.05) is 0 Å². The van der Waals surface area contributed by atoms with Crippen LogP contribution in [0.15, 0.2) is 40.1 Å². The van der Waals surface area contributed by atoms with E-state index in [9.17, 15) is 4.79 Å². The number of allylic oxidation sites excluding steroid dienone is 1. The Bertz CT molecular complexity index is 357. The van der Waals surface area contributed by atoms with Crippen molar-refractivity contribution in [1.29, 1.82) is 0 Å². The summed E-state index contributed by atoms with van der Waals surface area (Å²) in [7, 11) is 0. The summed E-state index contributed by atoms with van der Waals surface area (Å²) in [6.07, 6.45) is 1.18. The third-order valence-corrected chi connectivity index (χ3v) is 2.62. The summed E-state index contributed by atoms with van der Waals surface area (Å²) in [6, 6.07) is 7.26. The molecule has 0 heterocycles. The molecule has 1 rings (SSSR count). The van der Waals surface area contributed by atoms with Crippen LogP contribution in [0.5, 0.6) is 0 Å². The van der Waals surface area contributed by atoms with Gasteiger partial charge in [0.25, 0.3) is 0 Å². The molecule has 1 aromatic rings. The third kappa shape index (κ3) is 3.85. The Labute approximate surface area is 91.6 Å². The zero-order valence-corrected chi connectivity index (χ0v) is 9.10. The number of carbonyl (C=O) groups is 1. The lowest BCUT2D eigenvalue weighted by molar-refractivity contribution is -0.131. The van der Waals surface area contributed by atoms with Crippen LogP contribution in [0.2, 0.25) is 5.02 Å². The van der Waals surface area contributed by atoms with E-state index in [-0.39, 0.29) is 0 Å². The molecule has 14 heavy (non-hydrogen) atoms. The molecule has 0 atom stereocenters. The van der Waals surface area contributed by atoms with Gasteiger partial charge in [0.05, 0.1) is 0 Å². The first kappa shape index (κ1) is 11.1. The number of carboxylic acid groups (broad SMARTS) is 1. The standard InChI is InChI=1S/C10H9ClO2S/c1-7(6-10(12)13)14-9-4-2-8(11)3-5-9/h2-6H,1H3,(H,12,13)/b7-6-. The zero-order chi connectivity index (χ0) is 10.6. The van der Waals surface area contributed by atoms with E-state index < -0.39 is 5.97 Å². The van der Waals surface area contributed by atoms with Crippen molar-refractivity contribution in [3.63, 3.8) is 0 Å². The third-order valence-electron chi connectivity index (χ3n) is 1.42. The average Bonchev–Trinajstić information content (AvgIpc) is 2.07. The molecule has 0 aromatic heterocycles. The molecule has 1 aromatic carbocycles. The van der Waals surface area contributed by atoms with E-state index in [1.54, 1.807) is 19.1 Å². The zero-order valence-electron chi connectivity index (χ0n) is 7.53. The first-order chi connectivity index (χ1) is 6.58. The Morgan fingerprint density at radius 3 is 2.50 bits per heavy atom. The Morgan fingerprint density at radius 1 is 1.43 bits per heavy atom. The Balaban J connectivity index is 2.69. The van der Waals surface area contributed by atoms with Crippen molar-refractivity contribution in [2.24, 2.45) is 0 Å². The van der Waals surface area contributed by atoms with Gasteiger partial charge in [-0.2, -0.15) is 0 Å². The van der Waals surface area contributed by atoms with Gasteiger partial charge in [-0.25, -0.2) is 4.79 Å². The molecule has 4 heteroatoms. The van der Waals surface area contributed by atoms with E-state index >= 15 is 0 Å². The summed E-state index contributed by atoms with van der Waals surface area (Å²) in [5.41, 5.74) is 0. The second-order valence-electron chi connectivity index (χ2n) is 2.65. The average molecular weight is 229 g/mol. The Hall–Kier alpha value is -0.930. The largest absolute Gasteiger partial charge is 0.478 e. The summed E-state index contributed by atoms with van der Waals surface area (Å²) in [6.45, 7) is 1.76. The van der Waals surface area contributed by atoms with Gasteiger partial charge in [-0.1, -0.05) is 23.4 Å². The lowest BCUT2D eigenvalue weighted by Gasteiger charge is -2.00. The molecule has 1 N–H and O–H groups in total. The smallest absolute Gasteiger partial charge is 0.329 e. The van der Waals surface area contributed by atoms with Crippen LogP contribution in [0.25, 0.3) is 0 Å². The monoisotopic (exact) mass is 228 g/mol. The molecule has 0 saturated carbocycles. The molecule has 0 aliphatic carbocycles. The summed E-state index contributed by atoms with van der Waals surface area (Å²) >= 11 is 7.12. The molecular formula is C10H9ClO2S. The molecule has 0 radical (unpaired) electrons. The number of hydrogen-bond acceptors (Lipinski definition) is 2. The maximum atomic E-state index is 10.3. The molecule has 0 aliphatic heterocycles. The highest BCUT2D eigenvalue weighted by Crippen LogP contribution is 2.26. The number of hydrogen-bond donors (Lipinski definition) is 1. The molecule has 0 amide bonds. The molecule has 0 unspecified atom stereocenters. The predicted octanol–water partition coefficient (Wildman–Crippen LogP) is 3.42. The summed E-state index contributed by atoms with van der Waals surface area (Å²) in [5, 5.41) is 9.17. The SMILES string of the molecule is C/C(=C/C(=O)O)Sc1ccc(Cl)cc1. The van der Waals surface area contributed by atoms with Crippen LogP contribution in [0.1, 0.15) is 6.92 Å².